The van der Waals surface area contributed by atoms with E-state index in [-0.39, 0.29) is 21.3 Å². The number of hydrogen-bond acceptors (Lipinski definition) is 7. The van der Waals surface area contributed by atoms with Gasteiger partial charge in [-0.25, -0.2) is 17.9 Å². The number of aliphatic hydroxyl groups is 3. The van der Waals surface area contributed by atoms with Crippen molar-refractivity contribution in [3.63, 3.8) is 0 Å². The molecule has 14 heteroatoms. The average molecular weight is 547 g/mol. The first-order chi connectivity index (χ1) is 17.0. The summed E-state index contributed by atoms with van der Waals surface area (Å²) in [5.74, 6) is -5.29. The molecule has 0 unspecified atom stereocenters. The number of ether oxygens (including phenoxy) is 1. The van der Waals surface area contributed by atoms with Gasteiger partial charge in [0.1, 0.15) is 30.0 Å². The van der Waals surface area contributed by atoms with Crippen LogP contribution in [0.1, 0.15) is 6.04 Å². The van der Waals surface area contributed by atoms with Gasteiger partial charge in [0.05, 0.1) is 12.8 Å². The van der Waals surface area contributed by atoms with Crippen molar-refractivity contribution in [1.82, 2.24) is 15.0 Å². The van der Waals surface area contributed by atoms with Gasteiger partial charge in [-0.1, -0.05) is 28.4 Å². The predicted octanol–water partition coefficient (Wildman–Crippen LogP) is 2.35. The van der Waals surface area contributed by atoms with Gasteiger partial charge in [0.25, 0.3) is 5.91 Å². The molecule has 0 spiro atoms. The highest BCUT2D eigenvalue weighted by atomic mass is 35.5. The molecular weight excluding hydrogens is 528 g/mol. The third kappa shape index (κ3) is 4.92. The van der Waals surface area contributed by atoms with Crippen LogP contribution in [-0.4, -0.2) is 74.3 Å². The number of likely N-dealkylation sites (N-methyl/N-ethyl adjacent to an activating group) is 1. The highest BCUT2D eigenvalue weighted by Gasteiger charge is 2.49. The Labute approximate surface area is 212 Å². The summed E-state index contributed by atoms with van der Waals surface area (Å²) < 4.78 is 47.1. The third-order valence-electron chi connectivity index (χ3n) is 5.80. The smallest absolute Gasteiger partial charge is 0.258 e. The second-order valence-corrected chi connectivity index (χ2v) is 8.98. The number of aromatic nitrogens is 3. The van der Waals surface area contributed by atoms with E-state index >= 15 is 0 Å². The zero-order valence-electron chi connectivity index (χ0n) is 18.4. The number of hydrogen-bond donors (Lipinski definition) is 3. The molecule has 3 N–H and O–H groups in total. The molecule has 1 fully saturated rings. The molecule has 36 heavy (non-hydrogen) atoms. The Hall–Kier alpha value is -2.74. The quantitative estimate of drug-likeness (QED) is 0.420. The van der Waals surface area contributed by atoms with E-state index in [1.807, 2.05) is 0 Å². The Kier molecular flexibility index (Phi) is 7.55. The van der Waals surface area contributed by atoms with Crippen LogP contribution in [0.5, 0.6) is 0 Å². The molecule has 1 aromatic heterocycles. The molecule has 5 atom stereocenters. The zero-order chi connectivity index (χ0) is 26.3. The Morgan fingerprint density at radius 2 is 1.69 bits per heavy atom. The van der Waals surface area contributed by atoms with Crippen molar-refractivity contribution < 1.29 is 38.0 Å². The number of aliphatic hydroxyl groups excluding tert-OH is 3. The Morgan fingerprint density at radius 1 is 1.08 bits per heavy atom. The van der Waals surface area contributed by atoms with Crippen molar-refractivity contribution in [3.05, 3.63) is 64.0 Å². The van der Waals surface area contributed by atoms with E-state index in [1.54, 1.807) is 0 Å². The van der Waals surface area contributed by atoms with Gasteiger partial charge in [-0.05, 0) is 30.3 Å². The Morgan fingerprint density at radius 3 is 2.28 bits per heavy atom. The van der Waals surface area contributed by atoms with Crippen LogP contribution in [0.4, 0.5) is 18.9 Å². The summed E-state index contributed by atoms with van der Waals surface area (Å²) in [7, 11) is 1.39. The van der Waals surface area contributed by atoms with Gasteiger partial charge in [-0.15, -0.1) is 5.10 Å². The van der Waals surface area contributed by atoms with Gasteiger partial charge in [-0.2, -0.15) is 0 Å². The van der Waals surface area contributed by atoms with Crippen LogP contribution in [0.25, 0.3) is 11.3 Å². The molecular formula is C22H19Cl2F3N4O5. The van der Waals surface area contributed by atoms with Crippen molar-refractivity contribution in [3.8, 4) is 11.3 Å². The number of halogens is 5. The molecule has 1 aliphatic rings. The van der Waals surface area contributed by atoms with Gasteiger partial charge < -0.3 is 25.0 Å². The fraction of sp³-hybridized carbons (Fsp3) is 0.318. The van der Waals surface area contributed by atoms with E-state index in [9.17, 15) is 33.3 Å². The second-order valence-electron chi connectivity index (χ2n) is 8.11. The van der Waals surface area contributed by atoms with Crippen molar-refractivity contribution in [2.45, 2.75) is 30.5 Å². The maximum absolute atomic E-state index is 13.7. The van der Waals surface area contributed by atoms with E-state index in [2.05, 4.69) is 10.3 Å². The lowest BCUT2D eigenvalue weighted by molar-refractivity contribution is -0.205. The highest BCUT2D eigenvalue weighted by Crippen LogP contribution is 2.33. The van der Waals surface area contributed by atoms with E-state index in [1.165, 1.54) is 25.2 Å². The maximum atomic E-state index is 13.7. The number of benzene rings is 2. The molecule has 0 bridgehead atoms. The number of carbonyl (C=O) groups excluding carboxylic acids is 1. The fourth-order valence-corrected chi connectivity index (χ4v) is 4.44. The Bertz CT molecular complexity index is 1250. The molecule has 0 radical (unpaired) electrons. The van der Waals surface area contributed by atoms with Crippen LogP contribution >= 0.6 is 23.2 Å². The first-order valence-corrected chi connectivity index (χ1v) is 11.2. The van der Waals surface area contributed by atoms with Crippen LogP contribution in [0.3, 0.4) is 0 Å². The van der Waals surface area contributed by atoms with E-state index in [4.69, 9.17) is 27.9 Å². The number of rotatable bonds is 5. The highest BCUT2D eigenvalue weighted by molar-refractivity contribution is 6.35. The summed E-state index contributed by atoms with van der Waals surface area (Å²) in [6, 6.07) is 4.43. The van der Waals surface area contributed by atoms with E-state index < -0.39 is 60.4 Å². The molecule has 0 saturated carbocycles. The standard InChI is InChI=1S/C22H19Cl2F3N4O5/c1-30(12-5-10(23)4-11(24)6-12)22(35)21-20(34)18(19(33)16(8-32)36-21)31-7-15(28-29-31)9-2-13(25)17(27)14(26)3-9/h2-7,16,18-21,32-34H,8H2,1H3/t16-,18+,19+,20-,21-/m1/s1. The van der Waals surface area contributed by atoms with E-state index in [0.717, 1.165) is 15.8 Å². The van der Waals surface area contributed by atoms with Crippen LogP contribution in [0.15, 0.2) is 36.5 Å². The zero-order valence-corrected chi connectivity index (χ0v) is 19.9. The minimum absolute atomic E-state index is 0.104. The van der Waals surface area contributed by atoms with Crippen LogP contribution in [-0.2, 0) is 9.53 Å². The molecule has 2 heterocycles. The molecule has 1 saturated heterocycles. The topological polar surface area (TPSA) is 121 Å². The van der Waals surface area contributed by atoms with Crippen LogP contribution in [0, 0.1) is 17.5 Å². The minimum Gasteiger partial charge on any atom is -0.394 e. The summed E-state index contributed by atoms with van der Waals surface area (Å²) in [5, 5.41) is 39.5. The number of carbonyl (C=O) groups is 1. The van der Waals surface area contributed by atoms with Crippen molar-refractivity contribution in [2.75, 3.05) is 18.6 Å². The lowest BCUT2D eigenvalue weighted by Crippen LogP contribution is -2.60. The number of amides is 1. The largest absolute Gasteiger partial charge is 0.394 e. The first kappa shape index (κ1) is 26.3. The first-order valence-electron chi connectivity index (χ1n) is 10.4. The average Bonchev–Trinajstić information content (AvgIpc) is 3.30. The summed E-state index contributed by atoms with van der Waals surface area (Å²) in [5.41, 5.74) is 0.0327. The number of nitrogens with zero attached hydrogens (tertiary/aromatic N) is 4. The second kappa shape index (κ2) is 10.3. The minimum atomic E-state index is -1.70. The normalized spacial score (nSPS) is 24.1. The van der Waals surface area contributed by atoms with Crippen LogP contribution < -0.4 is 4.90 Å². The van der Waals surface area contributed by atoms with Gasteiger partial charge in [-0.3, -0.25) is 4.79 Å². The van der Waals surface area contributed by atoms with Crippen molar-refractivity contribution in [2.24, 2.45) is 0 Å². The lowest BCUT2D eigenvalue weighted by Gasteiger charge is -2.42. The molecule has 3 aromatic rings. The molecule has 1 amide bonds. The van der Waals surface area contributed by atoms with Crippen molar-refractivity contribution in [1.29, 1.82) is 0 Å². The van der Waals surface area contributed by atoms with Gasteiger partial charge in [0.15, 0.2) is 23.6 Å². The fourth-order valence-electron chi connectivity index (χ4n) is 3.93. The predicted molar refractivity (Wildman–Crippen MR) is 122 cm³/mol. The monoisotopic (exact) mass is 546 g/mol. The number of anilines is 1. The molecule has 0 aliphatic carbocycles. The summed E-state index contributed by atoms with van der Waals surface area (Å²) >= 11 is 12.0. The van der Waals surface area contributed by atoms with Gasteiger partial charge in [0.2, 0.25) is 0 Å². The van der Waals surface area contributed by atoms with Crippen molar-refractivity contribution >= 4 is 34.8 Å². The summed E-state index contributed by atoms with van der Waals surface area (Å²) in [4.78, 5) is 14.4. The summed E-state index contributed by atoms with van der Waals surface area (Å²) in [6.07, 6.45) is -5.01. The molecule has 9 nitrogen and oxygen atoms in total. The SMILES string of the molecule is CN(C(=O)[C@@H]1O[C@H](CO)[C@H](O)[C@H](n2cc(-c3cc(F)c(F)c(F)c3)nn2)[C@H]1O)c1cc(Cl)cc(Cl)c1. The van der Waals surface area contributed by atoms with Crippen LogP contribution in [0.2, 0.25) is 10.0 Å². The molecule has 4 rings (SSSR count). The third-order valence-corrected chi connectivity index (χ3v) is 6.23. The van der Waals surface area contributed by atoms with Gasteiger partial charge in [0, 0.05) is 28.3 Å². The van der Waals surface area contributed by atoms with Gasteiger partial charge >= 0.3 is 0 Å². The van der Waals surface area contributed by atoms with E-state index in [0.29, 0.717) is 17.8 Å². The lowest BCUT2D eigenvalue weighted by atomic mass is 9.92. The molecule has 2 aromatic carbocycles. The molecule has 192 valence electrons. The molecule has 1 aliphatic heterocycles. The summed E-state index contributed by atoms with van der Waals surface area (Å²) in [6.45, 7) is -0.711. The Balaban J connectivity index is 1.66. The maximum Gasteiger partial charge on any atom is 0.258 e.